The van der Waals surface area contributed by atoms with Crippen LogP contribution < -0.4 is 4.74 Å². The molecule has 0 aliphatic heterocycles. The lowest BCUT2D eigenvalue weighted by Crippen LogP contribution is -2.35. The highest BCUT2D eigenvalue weighted by Gasteiger charge is 2.32. The minimum Gasteiger partial charge on any atom is -0.465 e. The van der Waals surface area contributed by atoms with Crippen LogP contribution in [0.25, 0.3) is 0 Å². The van der Waals surface area contributed by atoms with Crippen LogP contribution in [-0.2, 0) is 4.74 Å². The van der Waals surface area contributed by atoms with Crippen molar-refractivity contribution in [3.8, 4) is 5.75 Å². The van der Waals surface area contributed by atoms with E-state index in [0.29, 0.717) is 17.4 Å². The summed E-state index contributed by atoms with van der Waals surface area (Å²) in [7, 11) is 0. The highest BCUT2D eigenvalue weighted by Crippen LogP contribution is 2.39. The van der Waals surface area contributed by atoms with E-state index in [-0.39, 0.29) is 11.7 Å². The monoisotopic (exact) mass is 490 g/mol. The molecule has 35 heavy (non-hydrogen) atoms. The predicted molar refractivity (Wildman–Crippen MR) is 156 cm³/mol. The van der Waals surface area contributed by atoms with Crippen LogP contribution in [0.5, 0.6) is 5.75 Å². The van der Waals surface area contributed by atoms with Gasteiger partial charge in [0.25, 0.3) is 0 Å². The van der Waals surface area contributed by atoms with Gasteiger partial charge in [-0.1, -0.05) is 108 Å². The Balaban J connectivity index is 0.00000214. The van der Waals surface area contributed by atoms with Gasteiger partial charge < -0.3 is 9.47 Å². The third-order valence-corrected chi connectivity index (χ3v) is 6.77. The van der Waals surface area contributed by atoms with Crippen LogP contribution in [0.1, 0.15) is 152 Å². The molecule has 1 fully saturated rings. The third-order valence-electron chi connectivity index (χ3n) is 6.77. The zero-order valence-electron chi connectivity index (χ0n) is 25.8. The summed E-state index contributed by atoms with van der Waals surface area (Å²) in [6, 6.07) is 8.79. The lowest BCUT2D eigenvalue weighted by atomic mass is 9.72. The van der Waals surface area contributed by atoms with Crippen LogP contribution in [0.4, 0.5) is 0 Å². The summed E-state index contributed by atoms with van der Waals surface area (Å²) >= 11 is 0. The van der Waals surface area contributed by atoms with Gasteiger partial charge in [-0.2, -0.15) is 0 Å². The molecule has 2 heteroatoms. The molecule has 2 unspecified atom stereocenters. The first-order valence-electron chi connectivity index (χ1n) is 14.8. The molecule has 0 N–H and O–H groups in total. The van der Waals surface area contributed by atoms with E-state index in [1.165, 1.54) is 44.1 Å². The lowest BCUT2D eigenvalue weighted by molar-refractivity contribution is -0.147. The number of hydrogen-bond acceptors (Lipinski definition) is 2. The Morgan fingerprint density at radius 2 is 1.34 bits per heavy atom. The van der Waals surface area contributed by atoms with E-state index in [9.17, 15) is 0 Å². The Morgan fingerprint density at radius 3 is 1.74 bits per heavy atom. The van der Waals surface area contributed by atoms with E-state index in [1.54, 1.807) is 0 Å². The van der Waals surface area contributed by atoms with Crippen LogP contribution in [0, 0.1) is 16.7 Å². The van der Waals surface area contributed by atoms with Crippen LogP contribution >= 0.6 is 0 Å². The normalized spacial score (nSPS) is 20.0. The Morgan fingerprint density at radius 1 is 0.829 bits per heavy atom. The van der Waals surface area contributed by atoms with E-state index >= 15 is 0 Å². The molecule has 2 nitrogen and oxygen atoms in total. The second kappa shape index (κ2) is 17.4. The van der Waals surface area contributed by atoms with E-state index in [1.807, 2.05) is 13.8 Å². The molecule has 2 rings (SSSR count). The molecule has 0 amide bonds. The minimum absolute atomic E-state index is 0.168. The van der Waals surface area contributed by atoms with E-state index < -0.39 is 0 Å². The van der Waals surface area contributed by atoms with Crippen molar-refractivity contribution in [2.75, 3.05) is 0 Å². The molecule has 1 aromatic rings. The highest BCUT2D eigenvalue weighted by atomic mass is 16.7. The maximum absolute atomic E-state index is 6.55. The van der Waals surface area contributed by atoms with Gasteiger partial charge >= 0.3 is 0 Å². The van der Waals surface area contributed by atoms with Gasteiger partial charge in [0.1, 0.15) is 5.75 Å². The van der Waals surface area contributed by atoms with Gasteiger partial charge in [0.15, 0.2) is 0 Å². The molecule has 1 aromatic carbocycles. The zero-order chi connectivity index (χ0) is 27.1. The number of rotatable bonds is 9. The van der Waals surface area contributed by atoms with Gasteiger partial charge in [-0.3, -0.25) is 0 Å². The van der Waals surface area contributed by atoms with Crippen LogP contribution in [0.3, 0.4) is 0 Å². The van der Waals surface area contributed by atoms with Gasteiger partial charge in [0.2, 0.25) is 6.29 Å². The molecule has 0 aromatic heterocycles. The Labute approximate surface area is 221 Å². The Hall–Kier alpha value is -1.02. The number of ether oxygens (including phenoxy) is 2. The lowest BCUT2D eigenvalue weighted by Gasteiger charge is -2.38. The molecule has 1 aliphatic carbocycles. The highest BCUT2D eigenvalue weighted by molar-refractivity contribution is 5.29. The summed E-state index contributed by atoms with van der Waals surface area (Å²) in [5.41, 5.74) is 2.00. The molecule has 2 atom stereocenters. The largest absolute Gasteiger partial charge is 0.465 e. The fourth-order valence-corrected chi connectivity index (χ4v) is 4.82. The summed E-state index contributed by atoms with van der Waals surface area (Å²) in [6.07, 6.45) is 10.8. The first kappa shape index (κ1) is 34.0. The first-order valence-corrected chi connectivity index (χ1v) is 14.8. The summed E-state index contributed by atoms with van der Waals surface area (Å²) in [4.78, 5) is 0. The SMILES string of the molecule is CC.CCC.CCCC(CC)c1ccc(OC(CC(C)(C)C)OC2CCC(C(C)(C)C)CC2)cc1. The molecular weight excluding hydrogens is 428 g/mol. The summed E-state index contributed by atoms with van der Waals surface area (Å²) in [5, 5.41) is 0. The Bertz CT molecular complexity index is 612. The van der Waals surface area contributed by atoms with Crippen molar-refractivity contribution in [1.82, 2.24) is 0 Å². The van der Waals surface area contributed by atoms with Gasteiger partial charge in [0.05, 0.1) is 6.10 Å². The molecule has 0 saturated heterocycles. The molecule has 0 radical (unpaired) electrons. The summed E-state index contributed by atoms with van der Waals surface area (Å²) in [6.45, 7) is 26.7. The second-order valence-corrected chi connectivity index (χ2v) is 12.5. The van der Waals surface area contributed by atoms with Crippen molar-refractivity contribution in [3.63, 3.8) is 0 Å². The average Bonchev–Trinajstić information content (AvgIpc) is 2.79. The van der Waals surface area contributed by atoms with E-state index in [2.05, 4.69) is 93.5 Å². The van der Waals surface area contributed by atoms with Gasteiger partial charge in [0, 0.05) is 6.42 Å². The van der Waals surface area contributed by atoms with E-state index in [0.717, 1.165) is 30.9 Å². The van der Waals surface area contributed by atoms with Crippen molar-refractivity contribution >= 4 is 0 Å². The van der Waals surface area contributed by atoms with Crippen LogP contribution in [0.15, 0.2) is 24.3 Å². The Kier molecular flexibility index (Phi) is 16.9. The van der Waals surface area contributed by atoms with Crippen molar-refractivity contribution in [3.05, 3.63) is 29.8 Å². The summed E-state index contributed by atoms with van der Waals surface area (Å²) in [5.74, 6) is 2.40. The fraction of sp³-hybridized carbons (Fsp3) is 0.818. The molecule has 1 saturated carbocycles. The van der Waals surface area contributed by atoms with Gasteiger partial charge in [-0.15, -0.1) is 0 Å². The first-order chi connectivity index (χ1) is 16.4. The second-order valence-electron chi connectivity index (χ2n) is 12.5. The third kappa shape index (κ3) is 14.3. The molecule has 0 bridgehead atoms. The number of hydrogen-bond donors (Lipinski definition) is 0. The van der Waals surface area contributed by atoms with Crippen molar-refractivity contribution in [2.45, 2.75) is 159 Å². The molecule has 0 heterocycles. The summed E-state index contributed by atoms with van der Waals surface area (Å²) < 4.78 is 12.9. The van der Waals surface area contributed by atoms with Gasteiger partial charge in [-0.05, 0) is 78.9 Å². The van der Waals surface area contributed by atoms with Crippen molar-refractivity contribution < 1.29 is 9.47 Å². The maximum atomic E-state index is 6.55. The van der Waals surface area contributed by atoms with Gasteiger partial charge in [-0.25, -0.2) is 0 Å². The molecule has 0 spiro atoms. The molecular formula is C33H62O2. The standard InChI is InChI=1S/C28H48O2.C3H8.C2H6/c1-9-11-21(10-2)22-12-16-24(17-13-22)29-26(20-27(3,4)5)30-25-18-14-23(15-19-25)28(6,7)8;1-3-2;1-2/h12-13,16-17,21,23,25-26H,9-11,14-15,18-20H2,1-8H3;3H2,1-2H3;1-2H3. The van der Waals surface area contributed by atoms with Crippen molar-refractivity contribution in [2.24, 2.45) is 16.7 Å². The van der Waals surface area contributed by atoms with E-state index in [4.69, 9.17) is 9.47 Å². The number of benzene rings is 1. The minimum atomic E-state index is -0.176. The fourth-order valence-electron chi connectivity index (χ4n) is 4.82. The zero-order valence-corrected chi connectivity index (χ0v) is 25.8. The van der Waals surface area contributed by atoms with Crippen LogP contribution in [0.2, 0.25) is 0 Å². The topological polar surface area (TPSA) is 18.5 Å². The average molecular weight is 491 g/mol. The van der Waals surface area contributed by atoms with Crippen molar-refractivity contribution in [1.29, 1.82) is 0 Å². The maximum Gasteiger partial charge on any atom is 0.200 e. The predicted octanol–water partition coefficient (Wildman–Crippen LogP) is 11.2. The quantitative estimate of drug-likeness (QED) is 0.320. The van der Waals surface area contributed by atoms with Crippen LogP contribution in [-0.4, -0.2) is 12.4 Å². The molecule has 1 aliphatic rings. The molecule has 206 valence electrons. The smallest absolute Gasteiger partial charge is 0.200 e.